The standard InChI is InChI=1S/C18H15ClN2O5/c1-25-14(22)8-11-15(18(24)26-2)13(20-16(11)19)7-10-9-5-3-4-6-12(9)21-17(10)23/h3-7,20H,8H2,1-2H3,(H,21,23)/b10-7-. The second-order valence-corrected chi connectivity index (χ2v) is 5.89. The van der Waals surface area contributed by atoms with E-state index in [1.54, 1.807) is 18.2 Å². The highest BCUT2D eigenvalue weighted by Crippen LogP contribution is 2.34. The maximum absolute atomic E-state index is 12.3. The minimum absolute atomic E-state index is 0.0904. The number of methoxy groups -OCH3 is 2. The fraction of sp³-hybridized carbons (Fsp3) is 0.167. The third kappa shape index (κ3) is 3.09. The van der Waals surface area contributed by atoms with Crippen LogP contribution in [0.4, 0.5) is 5.69 Å². The van der Waals surface area contributed by atoms with Gasteiger partial charge in [-0.2, -0.15) is 0 Å². The summed E-state index contributed by atoms with van der Waals surface area (Å²) in [5, 5.41) is 2.85. The van der Waals surface area contributed by atoms with E-state index in [0.717, 1.165) is 0 Å². The van der Waals surface area contributed by atoms with E-state index in [1.807, 2.05) is 6.07 Å². The van der Waals surface area contributed by atoms with Crippen LogP contribution < -0.4 is 5.32 Å². The van der Waals surface area contributed by atoms with E-state index in [4.69, 9.17) is 16.3 Å². The number of fused-ring (bicyclic) bond motifs is 1. The Morgan fingerprint density at radius 3 is 2.62 bits per heavy atom. The summed E-state index contributed by atoms with van der Waals surface area (Å²) in [6, 6.07) is 7.18. The Balaban J connectivity index is 2.14. The van der Waals surface area contributed by atoms with Gasteiger partial charge in [0.05, 0.1) is 37.5 Å². The Labute approximate surface area is 153 Å². The number of nitrogens with one attached hydrogen (secondary N) is 2. The molecular weight excluding hydrogens is 360 g/mol. The zero-order valence-corrected chi connectivity index (χ0v) is 14.8. The zero-order chi connectivity index (χ0) is 18.8. The van der Waals surface area contributed by atoms with Gasteiger partial charge >= 0.3 is 11.9 Å². The maximum atomic E-state index is 12.3. The van der Waals surface area contributed by atoms with Crippen molar-refractivity contribution in [2.45, 2.75) is 6.42 Å². The highest BCUT2D eigenvalue weighted by atomic mass is 35.5. The van der Waals surface area contributed by atoms with Crippen LogP contribution in [0.15, 0.2) is 24.3 Å². The highest BCUT2D eigenvalue weighted by Gasteiger charge is 2.28. The Morgan fingerprint density at radius 2 is 1.92 bits per heavy atom. The van der Waals surface area contributed by atoms with E-state index in [0.29, 0.717) is 16.8 Å². The lowest BCUT2D eigenvalue weighted by molar-refractivity contribution is -0.139. The number of para-hydroxylation sites is 1. The molecule has 0 aliphatic carbocycles. The molecule has 1 aromatic carbocycles. The fourth-order valence-electron chi connectivity index (χ4n) is 2.78. The van der Waals surface area contributed by atoms with Crippen LogP contribution in [0.5, 0.6) is 0 Å². The van der Waals surface area contributed by atoms with Crippen molar-refractivity contribution in [3.05, 3.63) is 51.8 Å². The number of rotatable bonds is 4. The third-order valence-corrected chi connectivity index (χ3v) is 4.34. The van der Waals surface area contributed by atoms with Crippen LogP contribution in [0.25, 0.3) is 11.6 Å². The number of hydrogen-bond acceptors (Lipinski definition) is 5. The van der Waals surface area contributed by atoms with Crippen molar-refractivity contribution in [1.82, 2.24) is 4.98 Å². The first-order valence-electron chi connectivity index (χ1n) is 7.64. The molecule has 2 N–H and O–H groups in total. The van der Waals surface area contributed by atoms with Crippen LogP contribution in [-0.4, -0.2) is 37.0 Å². The number of ether oxygens (including phenoxy) is 2. The normalized spacial score (nSPS) is 14.1. The summed E-state index contributed by atoms with van der Waals surface area (Å²) in [4.78, 5) is 39.0. The molecule has 1 amide bonds. The van der Waals surface area contributed by atoms with Crippen LogP contribution in [0, 0.1) is 0 Å². The van der Waals surface area contributed by atoms with E-state index in [-0.39, 0.29) is 34.3 Å². The molecule has 0 fully saturated rings. The van der Waals surface area contributed by atoms with E-state index in [9.17, 15) is 14.4 Å². The minimum atomic E-state index is -0.675. The molecule has 1 aliphatic rings. The van der Waals surface area contributed by atoms with Crippen molar-refractivity contribution in [3.63, 3.8) is 0 Å². The topological polar surface area (TPSA) is 97.5 Å². The van der Waals surface area contributed by atoms with Gasteiger partial charge < -0.3 is 19.8 Å². The van der Waals surface area contributed by atoms with Crippen LogP contribution in [0.3, 0.4) is 0 Å². The molecule has 0 spiro atoms. The molecule has 2 aromatic rings. The lowest BCUT2D eigenvalue weighted by Crippen LogP contribution is -2.11. The van der Waals surface area contributed by atoms with Gasteiger partial charge in [-0.15, -0.1) is 0 Å². The summed E-state index contributed by atoms with van der Waals surface area (Å²) in [5.74, 6) is -1.54. The predicted molar refractivity (Wildman–Crippen MR) is 95.8 cm³/mol. The molecule has 0 saturated carbocycles. The first kappa shape index (κ1) is 17.8. The number of carbonyl (C=O) groups is 3. The summed E-state index contributed by atoms with van der Waals surface area (Å²) in [6.07, 6.45) is 1.31. The van der Waals surface area contributed by atoms with E-state index >= 15 is 0 Å². The third-order valence-electron chi connectivity index (χ3n) is 4.02. The number of anilines is 1. The summed E-state index contributed by atoms with van der Waals surface area (Å²) in [6.45, 7) is 0. The monoisotopic (exact) mass is 374 g/mol. The van der Waals surface area contributed by atoms with Crippen molar-refractivity contribution in [1.29, 1.82) is 0 Å². The molecular formula is C18H15ClN2O5. The maximum Gasteiger partial charge on any atom is 0.340 e. The average molecular weight is 375 g/mol. The number of aromatic amines is 1. The summed E-state index contributed by atoms with van der Waals surface area (Å²) in [7, 11) is 2.46. The Bertz CT molecular complexity index is 945. The molecule has 134 valence electrons. The summed E-state index contributed by atoms with van der Waals surface area (Å²) < 4.78 is 9.45. The number of esters is 2. The van der Waals surface area contributed by atoms with Gasteiger partial charge in [0.2, 0.25) is 0 Å². The largest absolute Gasteiger partial charge is 0.469 e. The lowest BCUT2D eigenvalue weighted by Gasteiger charge is -2.04. The number of H-pyrrole nitrogens is 1. The van der Waals surface area contributed by atoms with Crippen molar-refractivity contribution in [2.75, 3.05) is 19.5 Å². The second kappa shape index (κ2) is 7.05. The van der Waals surface area contributed by atoms with Gasteiger partial charge in [0.1, 0.15) is 5.15 Å². The van der Waals surface area contributed by atoms with Gasteiger partial charge in [-0.1, -0.05) is 29.8 Å². The Morgan fingerprint density at radius 1 is 1.19 bits per heavy atom. The van der Waals surface area contributed by atoms with Crippen LogP contribution in [-0.2, 0) is 25.5 Å². The van der Waals surface area contributed by atoms with Gasteiger partial charge in [-0.05, 0) is 12.1 Å². The smallest absolute Gasteiger partial charge is 0.340 e. The van der Waals surface area contributed by atoms with Crippen LogP contribution in [0.1, 0.15) is 27.2 Å². The average Bonchev–Trinajstić information content (AvgIpc) is 3.11. The first-order valence-corrected chi connectivity index (χ1v) is 8.02. The van der Waals surface area contributed by atoms with Crippen molar-refractivity contribution < 1.29 is 23.9 Å². The second-order valence-electron chi connectivity index (χ2n) is 5.51. The number of hydrogen-bond donors (Lipinski definition) is 2. The van der Waals surface area contributed by atoms with Crippen molar-refractivity contribution in [3.8, 4) is 0 Å². The minimum Gasteiger partial charge on any atom is -0.469 e. The van der Waals surface area contributed by atoms with Gasteiger partial charge in [-0.25, -0.2) is 4.79 Å². The SMILES string of the molecule is COC(=O)Cc1c(Cl)[nH]c(/C=C2\C(=O)Nc3ccccc32)c1C(=O)OC. The van der Waals surface area contributed by atoms with Gasteiger partial charge in [0.15, 0.2) is 0 Å². The molecule has 0 bridgehead atoms. The molecule has 3 rings (SSSR count). The van der Waals surface area contributed by atoms with E-state index in [1.165, 1.54) is 20.3 Å². The molecule has 0 atom stereocenters. The van der Waals surface area contributed by atoms with E-state index < -0.39 is 11.9 Å². The molecule has 1 aromatic heterocycles. The lowest BCUT2D eigenvalue weighted by atomic mass is 10.0. The molecule has 7 nitrogen and oxygen atoms in total. The predicted octanol–water partition coefficient (Wildman–Crippen LogP) is 2.66. The number of amides is 1. The summed E-state index contributed by atoms with van der Waals surface area (Å²) in [5.41, 5.74) is 2.37. The van der Waals surface area contributed by atoms with Crippen molar-refractivity contribution >= 4 is 46.8 Å². The van der Waals surface area contributed by atoms with Gasteiger partial charge in [0.25, 0.3) is 5.91 Å². The first-order chi connectivity index (χ1) is 12.5. The number of benzene rings is 1. The van der Waals surface area contributed by atoms with E-state index in [2.05, 4.69) is 15.0 Å². The molecule has 0 unspecified atom stereocenters. The molecule has 8 heteroatoms. The van der Waals surface area contributed by atoms with Gasteiger partial charge in [0, 0.05) is 16.8 Å². The molecule has 0 saturated heterocycles. The summed E-state index contributed by atoms with van der Waals surface area (Å²) >= 11 is 6.17. The zero-order valence-electron chi connectivity index (χ0n) is 14.0. The fourth-order valence-corrected chi connectivity index (χ4v) is 3.04. The number of halogens is 1. The number of carbonyl (C=O) groups excluding carboxylic acids is 3. The van der Waals surface area contributed by atoms with Crippen molar-refractivity contribution in [2.24, 2.45) is 0 Å². The number of aromatic nitrogens is 1. The molecule has 0 radical (unpaired) electrons. The van der Waals surface area contributed by atoms with Crippen LogP contribution >= 0.6 is 11.6 Å². The highest BCUT2D eigenvalue weighted by molar-refractivity contribution is 6.35. The quantitative estimate of drug-likeness (QED) is 0.633. The molecule has 2 heterocycles. The molecule has 26 heavy (non-hydrogen) atoms. The molecule has 1 aliphatic heterocycles. The van der Waals surface area contributed by atoms with Gasteiger partial charge in [-0.3, -0.25) is 9.59 Å². The van der Waals surface area contributed by atoms with Crippen LogP contribution in [0.2, 0.25) is 5.15 Å². The Hall–Kier alpha value is -3.06. The Kier molecular flexibility index (Phi) is 4.81.